The zero-order valence-electron chi connectivity index (χ0n) is 7.58. The van der Waals surface area contributed by atoms with E-state index in [1.54, 1.807) is 0 Å². The van der Waals surface area contributed by atoms with Crippen molar-refractivity contribution in [3.8, 4) is 0 Å². The Bertz CT molecular complexity index is 278. The zero-order valence-corrected chi connectivity index (χ0v) is 8.40. The molecule has 12 heavy (non-hydrogen) atoms. The van der Waals surface area contributed by atoms with Gasteiger partial charge < -0.3 is 0 Å². The van der Waals surface area contributed by atoms with Crippen molar-refractivity contribution in [2.24, 2.45) is 0 Å². The Morgan fingerprint density at radius 3 is 3.17 bits per heavy atom. The molecule has 0 aromatic carbocycles. The summed E-state index contributed by atoms with van der Waals surface area (Å²) in [6.45, 7) is 4.37. The smallest absolute Gasteiger partial charge is 0.0629 e. The Hall–Kier alpha value is -0.440. The standard InChI is InChI=1S/C9H14N2S/c1-7(2)11-8-4-3-5-12-9(8)6-10-11/h6-7H,3-5H2,1-2H3. The molecule has 0 unspecified atom stereocenters. The Labute approximate surface area is 77.3 Å². The summed E-state index contributed by atoms with van der Waals surface area (Å²) in [5, 5.41) is 4.39. The van der Waals surface area contributed by atoms with Crippen LogP contribution in [0.1, 0.15) is 32.0 Å². The van der Waals surface area contributed by atoms with Gasteiger partial charge in [0.1, 0.15) is 0 Å². The van der Waals surface area contributed by atoms with Gasteiger partial charge in [0.15, 0.2) is 0 Å². The maximum absolute atomic E-state index is 4.39. The maximum Gasteiger partial charge on any atom is 0.0629 e. The van der Waals surface area contributed by atoms with Crippen molar-refractivity contribution in [2.75, 3.05) is 5.75 Å². The number of hydrogen-bond donors (Lipinski definition) is 0. The van der Waals surface area contributed by atoms with Gasteiger partial charge in [0.05, 0.1) is 11.9 Å². The Balaban J connectivity index is 2.38. The van der Waals surface area contributed by atoms with Gasteiger partial charge in [0.25, 0.3) is 0 Å². The van der Waals surface area contributed by atoms with E-state index in [0.29, 0.717) is 6.04 Å². The van der Waals surface area contributed by atoms with Gasteiger partial charge in [-0.25, -0.2) is 0 Å². The molecule has 66 valence electrons. The summed E-state index contributed by atoms with van der Waals surface area (Å²) >= 11 is 1.94. The van der Waals surface area contributed by atoms with Gasteiger partial charge in [0, 0.05) is 10.9 Å². The van der Waals surface area contributed by atoms with Crippen molar-refractivity contribution < 1.29 is 0 Å². The van der Waals surface area contributed by atoms with Crippen LogP contribution in [0.5, 0.6) is 0 Å². The molecule has 1 aromatic rings. The molecular weight excluding hydrogens is 168 g/mol. The highest BCUT2D eigenvalue weighted by Crippen LogP contribution is 2.30. The number of thioether (sulfide) groups is 1. The number of rotatable bonds is 1. The van der Waals surface area contributed by atoms with Crippen LogP contribution >= 0.6 is 11.8 Å². The second-order valence-corrected chi connectivity index (χ2v) is 4.58. The molecule has 0 fully saturated rings. The van der Waals surface area contributed by atoms with E-state index in [1.807, 2.05) is 18.0 Å². The molecule has 3 heteroatoms. The lowest BCUT2D eigenvalue weighted by atomic mass is 10.2. The molecule has 2 rings (SSSR count). The third kappa shape index (κ3) is 1.26. The average molecular weight is 182 g/mol. The van der Waals surface area contributed by atoms with Crippen LogP contribution < -0.4 is 0 Å². The molecule has 0 saturated carbocycles. The predicted octanol–water partition coefficient (Wildman–Crippen LogP) is 2.50. The molecular formula is C9H14N2S. The van der Waals surface area contributed by atoms with Crippen molar-refractivity contribution in [3.05, 3.63) is 11.9 Å². The molecule has 0 atom stereocenters. The van der Waals surface area contributed by atoms with Crippen LogP contribution in [-0.2, 0) is 6.42 Å². The van der Waals surface area contributed by atoms with Gasteiger partial charge in [-0.2, -0.15) is 5.10 Å². The molecule has 0 radical (unpaired) electrons. The minimum atomic E-state index is 0.507. The third-order valence-corrected chi connectivity index (χ3v) is 3.31. The average Bonchev–Trinajstić information content (AvgIpc) is 2.47. The number of hydrogen-bond acceptors (Lipinski definition) is 2. The number of aromatic nitrogens is 2. The zero-order chi connectivity index (χ0) is 8.55. The highest BCUT2D eigenvalue weighted by atomic mass is 32.2. The van der Waals surface area contributed by atoms with E-state index >= 15 is 0 Å². The van der Waals surface area contributed by atoms with Gasteiger partial charge in [-0.05, 0) is 32.4 Å². The molecule has 0 N–H and O–H groups in total. The van der Waals surface area contributed by atoms with Gasteiger partial charge in [-0.15, -0.1) is 11.8 Å². The monoisotopic (exact) mass is 182 g/mol. The van der Waals surface area contributed by atoms with E-state index in [9.17, 15) is 0 Å². The van der Waals surface area contributed by atoms with Crippen molar-refractivity contribution in [3.63, 3.8) is 0 Å². The topological polar surface area (TPSA) is 17.8 Å². The van der Waals surface area contributed by atoms with E-state index < -0.39 is 0 Å². The van der Waals surface area contributed by atoms with Crippen molar-refractivity contribution in [2.45, 2.75) is 37.6 Å². The highest BCUT2D eigenvalue weighted by Gasteiger charge is 2.16. The first-order valence-electron chi connectivity index (χ1n) is 4.48. The summed E-state index contributed by atoms with van der Waals surface area (Å²) in [5.74, 6) is 1.26. The van der Waals surface area contributed by atoms with E-state index in [0.717, 1.165) is 0 Å². The fraction of sp³-hybridized carbons (Fsp3) is 0.667. The Morgan fingerprint density at radius 1 is 1.58 bits per heavy atom. The minimum Gasteiger partial charge on any atom is -0.266 e. The van der Waals surface area contributed by atoms with E-state index in [1.165, 1.54) is 29.2 Å². The largest absolute Gasteiger partial charge is 0.266 e. The minimum absolute atomic E-state index is 0.507. The van der Waals surface area contributed by atoms with Crippen molar-refractivity contribution >= 4 is 11.8 Å². The van der Waals surface area contributed by atoms with Gasteiger partial charge in [-0.3, -0.25) is 4.68 Å². The fourth-order valence-electron chi connectivity index (χ4n) is 1.60. The SMILES string of the molecule is CC(C)n1ncc2c1CCCS2. The highest BCUT2D eigenvalue weighted by molar-refractivity contribution is 7.99. The molecule has 0 saturated heterocycles. The van der Waals surface area contributed by atoms with Crippen LogP contribution in [-0.4, -0.2) is 15.5 Å². The van der Waals surface area contributed by atoms with E-state index in [2.05, 4.69) is 23.6 Å². The van der Waals surface area contributed by atoms with Crippen molar-refractivity contribution in [1.82, 2.24) is 9.78 Å². The molecule has 1 aromatic heterocycles. The second kappa shape index (κ2) is 3.13. The van der Waals surface area contributed by atoms with Crippen LogP contribution in [0.15, 0.2) is 11.1 Å². The van der Waals surface area contributed by atoms with Crippen LogP contribution in [0.2, 0.25) is 0 Å². The quantitative estimate of drug-likeness (QED) is 0.664. The summed E-state index contributed by atoms with van der Waals surface area (Å²) in [6, 6.07) is 0.507. The molecule has 0 spiro atoms. The lowest BCUT2D eigenvalue weighted by molar-refractivity contribution is 0.504. The van der Waals surface area contributed by atoms with Gasteiger partial charge in [-0.1, -0.05) is 0 Å². The third-order valence-electron chi connectivity index (χ3n) is 2.16. The molecule has 2 nitrogen and oxygen atoms in total. The van der Waals surface area contributed by atoms with Crippen molar-refractivity contribution in [1.29, 1.82) is 0 Å². The molecule has 1 aliphatic heterocycles. The van der Waals surface area contributed by atoms with Gasteiger partial charge >= 0.3 is 0 Å². The summed E-state index contributed by atoms with van der Waals surface area (Å²) in [7, 11) is 0. The van der Waals surface area contributed by atoms with Crippen LogP contribution in [0.4, 0.5) is 0 Å². The molecule has 1 aliphatic rings. The van der Waals surface area contributed by atoms with Crippen LogP contribution in [0, 0.1) is 0 Å². The lowest BCUT2D eigenvalue weighted by Gasteiger charge is -2.15. The molecule has 0 bridgehead atoms. The number of nitrogens with zero attached hydrogens (tertiary/aromatic N) is 2. The van der Waals surface area contributed by atoms with Crippen LogP contribution in [0.25, 0.3) is 0 Å². The van der Waals surface area contributed by atoms with Crippen LogP contribution in [0.3, 0.4) is 0 Å². The molecule has 0 aliphatic carbocycles. The maximum atomic E-state index is 4.39. The van der Waals surface area contributed by atoms with E-state index in [4.69, 9.17) is 0 Å². The summed E-state index contributed by atoms with van der Waals surface area (Å²) in [5.41, 5.74) is 1.45. The lowest BCUT2D eigenvalue weighted by Crippen LogP contribution is -2.09. The summed E-state index contributed by atoms with van der Waals surface area (Å²) < 4.78 is 2.15. The molecule has 2 heterocycles. The van der Waals surface area contributed by atoms with Gasteiger partial charge in [0.2, 0.25) is 0 Å². The number of fused-ring (bicyclic) bond motifs is 1. The summed E-state index contributed by atoms with van der Waals surface area (Å²) in [6.07, 6.45) is 4.52. The second-order valence-electron chi connectivity index (χ2n) is 3.45. The normalized spacial score (nSPS) is 16.6. The molecule has 0 amide bonds. The van der Waals surface area contributed by atoms with E-state index in [-0.39, 0.29) is 0 Å². The summed E-state index contributed by atoms with van der Waals surface area (Å²) in [4.78, 5) is 1.40. The Kier molecular flexibility index (Phi) is 2.13. The fourth-order valence-corrected chi connectivity index (χ4v) is 2.59. The predicted molar refractivity (Wildman–Crippen MR) is 51.7 cm³/mol. The Morgan fingerprint density at radius 2 is 2.42 bits per heavy atom. The first-order chi connectivity index (χ1) is 5.79. The first-order valence-corrected chi connectivity index (χ1v) is 5.47. The first kappa shape index (κ1) is 8.17.